The number of rotatable bonds is 4. The number of thioether (sulfide) groups is 1. The number of thiazole rings is 1. The number of aromatic nitrogens is 2. The van der Waals surface area contributed by atoms with Crippen molar-refractivity contribution in [3.8, 4) is 0 Å². The number of nitrogens with one attached hydrogen (secondary N) is 1. The first-order chi connectivity index (χ1) is 7.40. The first kappa shape index (κ1) is 10.4. The minimum Gasteiger partial charge on any atom is -0.373 e. The lowest BCUT2D eigenvalue weighted by Gasteiger charge is -2.05. The van der Waals surface area contributed by atoms with E-state index in [0.717, 1.165) is 15.9 Å². The van der Waals surface area contributed by atoms with Crippen molar-refractivity contribution in [3.63, 3.8) is 0 Å². The van der Waals surface area contributed by atoms with Gasteiger partial charge in [-0.25, -0.2) is 9.97 Å². The van der Waals surface area contributed by atoms with Crippen LogP contribution < -0.4 is 5.32 Å². The highest BCUT2D eigenvalue weighted by Crippen LogP contribution is 2.26. The van der Waals surface area contributed by atoms with Crippen LogP contribution >= 0.6 is 23.1 Å². The van der Waals surface area contributed by atoms with Crippen molar-refractivity contribution < 1.29 is 0 Å². The predicted octanol–water partition coefficient (Wildman–Crippen LogP) is 2.87. The Morgan fingerprint density at radius 2 is 2.33 bits per heavy atom. The summed E-state index contributed by atoms with van der Waals surface area (Å²) in [5.74, 6) is 1.85. The second kappa shape index (κ2) is 5.14. The highest BCUT2D eigenvalue weighted by atomic mass is 32.2. The molecule has 0 bridgehead atoms. The van der Waals surface area contributed by atoms with E-state index in [2.05, 4.69) is 21.4 Å². The Hall–Kier alpha value is -1.07. The summed E-state index contributed by atoms with van der Waals surface area (Å²) in [6, 6.07) is 4.04. The second-order valence-electron chi connectivity index (χ2n) is 2.85. The summed E-state index contributed by atoms with van der Waals surface area (Å²) in [6.07, 6.45) is 3.62. The highest BCUT2D eigenvalue weighted by Gasteiger charge is 2.03. The number of pyridine rings is 1. The molecular formula is C10H11N3S2. The zero-order valence-corrected chi connectivity index (χ0v) is 9.94. The maximum absolute atomic E-state index is 4.26. The molecule has 0 saturated carbocycles. The number of anilines is 1. The van der Waals surface area contributed by atoms with E-state index in [0.29, 0.717) is 0 Å². The molecule has 78 valence electrons. The van der Waals surface area contributed by atoms with Crippen LogP contribution in [0.4, 0.5) is 5.82 Å². The third-order valence-corrected chi connectivity index (χ3v) is 3.90. The van der Waals surface area contributed by atoms with Crippen LogP contribution in [0.5, 0.6) is 0 Å². The van der Waals surface area contributed by atoms with Crippen LogP contribution in [0.3, 0.4) is 0 Å². The predicted molar refractivity (Wildman–Crippen MR) is 65.5 cm³/mol. The van der Waals surface area contributed by atoms with E-state index in [9.17, 15) is 0 Å². The maximum Gasteiger partial charge on any atom is 0.150 e. The standard InChI is InChI=1S/C10H11N3S2/c1-11-9-8(3-2-4-12-9)7-15-10-13-5-6-14-10/h2-6H,7H2,1H3,(H,11,12). The molecule has 0 fully saturated rings. The monoisotopic (exact) mass is 237 g/mol. The number of nitrogens with zero attached hydrogens (tertiary/aromatic N) is 2. The molecule has 1 N–H and O–H groups in total. The molecule has 3 nitrogen and oxygen atoms in total. The van der Waals surface area contributed by atoms with Gasteiger partial charge in [0.05, 0.1) is 0 Å². The average molecular weight is 237 g/mol. The molecule has 2 aromatic rings. The fourth-order valence-electron chi connectivity index (χ4n) is 1.20. The van der Waals surface area contributed by atoms with Crippen molar-refractivity contribution in [1.82, 2.24) is 9.97 Å². The summed E-state index contributed by atoms with van der Waals surface area (Å²) < 4.78 is 1.10. The van der Waals surface area contributed by atoms with Crippen LogP contribution in [0, 0.1) is 0 Å². The van der Waals surface area contributed by atoms with Crippen LogP contribution in [0.1, 0.15) is 5.56 Å². The summed E-state index contributed by atoms with van der Waals surface area (Å²) >= 11 is 3.40. The molecule has 0 aliphatic heterocycles. The lowest BCUT2D eigenvalue weighted by Crippen LogP contribution is -1.96. The lowest BCUT2D eigenvalue weighted by molar-refractivity contribution is 1.21. The normalized spacial score (nSPS) is 10.2. The largest absolute Gasteiger partial charge is 0.373 e. The third-order valence-electron chi connectivity index (χ3n) is 1.89. The topological polar surface area (TPSA) is 37.8 Å². The summed E-state index contributed by atoms with van der Waals surface area (Å²) in [4.78, 5) is 8.48. The molecule has 0 spiro atoms. The first-order valence-electron chi connectivity index (χ1n) is 4.54. The molecule has 2 heterocycles. The van der Waals surface area contributed by atoms with Gasteiger partial charge in [-0.05, 0) is 6.07 Å². The van der Waals surface area contributed by atoms with E-state index in [1.165, 1.54) is 5.56 Å². The van der Waals surface area contributed by atoms with Gasteiger partial charge in [0.15, 0.2) is 0 Å². The Morgan fingerprint density at radius 3 is 3.07 bits per heavy atom. The Bertz CT molecular complexity index is 414. The maximum atomic E-state index is 4.26. The van der Waals surface area contributed by atoms with Crippen molar-refractivity contribution in [1.29, 1.82) is 0 Å². The van der Waals surface area contributed by atoms with E-state index in [-0.39, 0.29) is 0 Å². The molecule has 0 atom stereocenters. The van der Waals surface area contributed by atoms with Crippen molar-refractivity contribution in [2.24, 2.45) is 0 Å². The minimum atomic E-state index is 0.900. The van der Waals surface area contributed by atoms with E-state index in [1.54, 1.807) is 29.3 Å². The molecule has 0 unspecified atom stereocenters. The van der Waals surface area contributed by atoms with Gasteiger partial charge in [-0.15, -0.1) is 11.3 Å². The minimum absolute atomic E-state index is 0.900. The molecule has 0 aromatic carbocycles. The molecule has 0 aliphatic carbocycles. The quantitative estimate of drug-likeness (QED) is 0.830. The second-order valence-corrected chi connectivity index (χ2v) is 4.96. The molecule has 0 saturated heterocycles. The molecule has 2 rings (SSSR count). The molecular weight excluding hydrogens is 226 g/mol. The summed E-state index contributed by atoms with van der Waals surface area (Å²) in [6.45, 7) is 0. The molecule has 15 heavy (non-hydrogen) atoms. The fourth-order valence-corrected chi connectivity index (χ4v) is 2.82. The molecule has 5 heteroatoms. The summed E-state index contributed by atoms with van der Waals surface area (Å²) in [7, 11) is 1.89. The van der Waals surface area contributed by atoms with E-state index in [4.69, 9.17) is 0 Å². The smallest absolute Gasteiger partial charge is 0.150 e. The van der Waals surface area contributed by atoms with Gasteiger partial charge in [-0.2, -0.15) is 0 Å². The summed E-state index contributed by atoms with van der Waals surface area (Å²) in [5.41, 5.74) is 1.21. The van der Waals surface area contributed by atoms with Gasteiger partial charge in [-0.1, -0.05) is 17.8 Å². The fraction of sp³-hybridized carbons (Fsp3) is 0.200. The van der Waals surface area contributed by atoms with Gasteiger partial charge in [0.2, 0.25) is 0 Å². The van der Waals surface area contributed by atoms with E-state index in [1.807, 2.05) is 24.7 Å². The van der Waals surface area contributed by atoms with Crippen molar-refractivity contribution in [2.75, 3.05) is 12.4 Å². The van der Waals surface area contributed by atoms with Crippen LogP contribution in [0.2, 0.25) is 0 Å². The molecule has 0 amide bonds. The zero-order valence-electron chi connectivity index (χ0n) is 8.30. The van der Waals surface area contributed by atoms with Crippen molar-refractivity contribution in [3.05, 3.63) is 35.5 Å². The van der Waals surface area contributed by atoms with E-state index >= 15 is 0 Å². The Morgan fingerprint density at radius 1 is 1.40 bits per heavy atom. The van der Waals surface area contributed by atoms with Gasteiger partial charge in [0.1, 0.15) is 10.2 Å². The highest BCUT2D eigenvalue weighted by molar-refractivity contribution is 8.00. The lowest BCUT2D eigenvalue weighted by atomic mass is 10.3. The number of hydrogen-bond acceptors (Lipinski definition) is 5. The van der Waals surface area contributed by atoms with Crippen LogP contribution in [-0.2, 0) is 5.75 Å². The van der Waals surface area contributed by atoms with Gasteiger partial charge in [0, 0.05) is 36.1 Å². The average Bonchev–Trinajstić information content (AvgIpc) is 2.79. The Labute approximate surface area is 97.0 Å². The molecule has 0 radical (unpaired) electrons. The third kappa shape index (κ3) is 2.70. The van der Waals surface area contributed by atoms with Crippen molar-refractivity contribution >= 4 is 28.9 Å². The van der Waals surface area contributed by atoms with E-state index < -0.39 is 0 Å². The van der Waals surface area contributed by atoms with Crippen LogP contribution in [0.15, 0.2) is 34.2 Å². The molecule has 2 aromatic heterocycles. The summed E-state index contributed by atoms with van der Waals surface area (Å²) in [5, 5.41) is 5.07. The van der Waals surface area contributed by atoms with Gasteiger partial charge < -0.3 is 5.32 Å². The van der Waals surface area contributed by atoms with Crippen LogP contribution in [-0.4, -0.2) is 17.0 Å². The number of hydrogen-bond donors (Lipinski definition) is 1. The Balaban J connectivity index is 2.04. The van der Waals surface area contributed by atoms with Crippen LogP contribution in [0.25, 0.3) is 0 Å². The van der Waals surface area contributed by atoms with Gasteiger partial charge >= 0.3 is 0 Å². The zero-order chi connectivity index (χ0) is 10.5. The SMILES string of the molecule is CNc1ncccc1CSc1nccs1. The van der Waals surface area contributed by atoms with Gasteiger partial charge in [0.25, 0.3) is 0 Å². The first-order valence-corrected chi connectivity index (χ1v) is 6.40. The van der Waals surface area contributed by atoms with Gasteiger partial charge in [-0.3, -0.25) is 0 Å². The Kier molecular flexibility index (Phi) is 3.58. The molecule has 0 aliphatic rings. The van der Waals surface area contributed by atoms with Crippen molar-refractivity contribution in [2.45, 2.75) is 10.1 Å².